The van der Waals surface area contributed by atoms with E-state index < -0.39 is 23.2 Å². The third kappa shape index (κ3) is 3.36. The Labute approximate surface area is 168 Å². The molecule has 2 aromatic carbocycles. The predicted octanol–water partition coefficient (Wildman–Crippen LogP) is 4.51. The Morgan fingerprint density at radius 1 is 1.28 bits per heavy atom. The molecule has 0 aromatic heterocycles. The Bertz CT molecular complexity index is 1060. The van der Waals surface area contributed by atoms with Gasteiger partial charge < -0.3 is 10.1 Å². The molecule has 4 rings (SSSR count). The number of nitrogens with zero attached hydrogens (tertiary/aromatic N) is 3. The van der Waals surface area contributed by atoms with Gasteiger partial charge in [0, 0.05) is 16.3 Å². The van der Waals surface area contributed by atoms with E-state index in [0.717, 1.165) is 29.3 Å². The average Bonchev–Trinajstić information content (AvgIpc) is 3.08. The van der Waals surface area contributed by atoms with Crippen molar-refractivity contribution in [1.29, 1.82) is 5.26 Å². The van der Waals surface area contributed by atoms with E-state index in [9.17, 15) is 23.2 Å². The molecule has 2 heterocycles. The van der Waals surface area contributed by atoms with Gasteiger partial charge in [-0.05, 0) is 42.5 Å². The smallest absolute Gasteiger partial charge is 0.416 e. The fraction of sp³-hybridized carbons (Fsp3) is 0.211. The van der Waals surface area contributed by atoms with Crippen LogP contribution in [0.2, 0.25) is 5.02 Å². The minimum absolute atomic E-state index is 0.000263. The van der Waals surface area contributed by atoms with E-state index in [4.69, 9.17) is 16.3 Å². The van der Waals surface area contributed by atoms with E-state index in [0.29, 0.717) is 22.0 Å². The van der Waals surface area contributed by atoms with Crippen molar-refractivity contribution in [3.05, 3.63) is 58.6 Å². The topological polar surface area (TPSA) is 77.7 Å². The Morgan fingerprint density at radius 2 is 2.00 bits per heavy atom. The number of carbonyl (C=O) groups excluding carboxylic acids is 1. The van der Waals surface area contributed by atoms with Gasteiger partial charge in [-0.25, -0.2) is 9.80 Å². The molecule has 0 bridgehead atoms. The van der Waals surface area contributed by atoms with Crippen LogP contribution in [0.5, 0.6) is 5.75 Å². The molecule has 2 aliphatic heterocycles. The number of nitriles is 1. The number of hydrogen-bond donors (Lipinski definition) is 1. The predicted molar refractivity (Wildman–Crippen MR) is 98.7 cm³/mol. The average molecular weight is 421 g/mol. The number of carbonyl (C=O) groups is 1. The highest BCUT2D eigenvalue weighted by Crippen LogP contribution is 2.40. The van der Waals surface area contributed by atoms with Crippen molar-refractivity contribution >= 4 is 29.0 Å². The van der Waals surface area contributed by atoms with Crippen LogP contribution in [0.1, 0.15) is 11.1 Å². The Kier molecular flexibility index (Phi) is 4.39. The van der Waals surface area contributed by atoms with Crippen molar-refractivity contribution in [2.45, 2.75) is 6.18 Å². The highest BCUT2D eigenvalue weighted by molar-refractivity contribution is 6.31. The molecular formula is C19H12ClF3N4O2. The normalized spacial score (nSPS) is 20.1. The lowest BCUT2D eigenvalue weighted by Crippen LogP contribution is -2.43. The van der Waals surface area contributed by atoms with Crippen molar-refractivity contribution in [1.82, 2.24) is 5.01 Å². The zero-order valence-electron chi connectivity index (χ0n) is 14.6. The molecule has 0 fully saturated rings. The van der Waals surface area contributed by atoms with Crippen LogP contribution in [0.3, 0.4) is 0 Å². The number of hydrazone groups is 1. The van der Waals surface area contributed by atoms with Crippen molar-refractivity contribution in [2.24, 2.45) is 10.5 Å². The van der Waals surface area contributed by atoms with E-state index >= 15 is 0 Å². The van der Waals surface area contributed by atoms with Crippen molar-refractivity contribution in [3.8, 4) is 11.8 Å². The van der Waals surface area contributed by atoms with E-state index in [1.165, 1.54) is 0 Å². The lowest BCUT2D eigenvalue weighted by Gasteiger charge is -2.29. The summed E-state index contributed by atoms with van der Waals surface area (Å²) in [4.78, 5) is 12.6. The number of fused-ring (bicyclic) bond motifs is 3. The summed E-state index contributed by atoms with van der Waals surface area (Å²) in [6.07, 6.45) is -4.46. The zero-order valence-corrected chi connectivity index (χ0v) is 15.4. The third-order valence-corrected chi connectivity index (χ3v) is 4.91. The summed E-state index contributed by atoms with van der Waals surface area (Å²) >= 11 is 5.97. The summed E-state index contributed by atoms with van der Waals surface area (Å²) in [7, 11) is 0. The molecule has 0 saturated carbocycles. The highest BCUT2D eigenvalue weighted by Gasteiger charge is 2.50. The Balaban J connectivity index is 1.58. The van der Waals surface area contributed by atoms with Gasteiger partial charge in [0.15, 0.2) is 5.41 Å². The van der Waals surface area contributed by atoms with Gasteiger partial charge in [-0.2, -0.15) is 23.5 Å². The third-order valence-electron chi connectivity index (χ3n) is 4.68. The van der Waals surface area contributed by atoms with Gasteiger partial charge in [0.05, 0.1) is 23.9 Å². The molecule has 0 aliphatic carbocycles. The first-order valence-electron chi connectivity index (χ1n) is 8.41. The molecule has 0 radical (unpaired) electrons. The minimum Gasteiger partial charge on any atom is -0.491 e. The molecule has 2 amide bonds. The van der Waals surface area contributed by atoms with Gasteiger partial charge in [0.2, 0.25) is 0 Å². The monoisotopic (exact) mass is 420 g/mol. The first kappa shape index (κ1) is 19.1. The lowest BCUT2D eigenvalue weighted by molar-refractivity contribution is -0.137. The summed E-state index contributed by atoms with van der Waals surface area (Å²) in [5.74, 6) is 0.465. The number of hydrogen-bond acceptors (Lipinski definition) is 4. The summed E-state index contributed by atoms with van der Waals surface area (Å²) in [6.45, 7) is -0.0485. The van der Waals surface area contributed by atoms with E-state index in [-0.39, 0.29) is 18.8 Å². The van der Waals surface area contributed by atoms with Crippen molar-refractivity contribution < 1.29 is 22.7 Å². The number of rotatable bonds is 1. The molecule has 0 saturated heterocycles. The highest BCUT2D eigenvalue weighted by atomic mass is 35.5. The molecule has 0 spiro atoms. The van der Waals surface area contributed by atoms with Crippen molar-refractivity contribution in [2.75, 3.05) is 18.5 Å². The van der Waals surface area contributed by atoms with Crippen molar-refractivity contribution in [3.63, 3.8) is 0 Å². The fourth-order valence-electron chi connectivity index (χ4n) is 3.19. The molecule has 2 aromatic rings. The second-order valence-electron chi connectivity index (χ2n) is 6.63. The first-order valence-corrected chi connectivity index (χ1v) is 8.78. The number of benzene rings is 2. The van der Waals surface area contributed by atoms with Gasteiger partial charge in [-0.15, -0.1) is 0 Å². The van der Waals surface area contributed by atoms with Crippen LogP contribution in [-0.2, 0) is 6.18 Å². The Hall–Kier alpha value is -3.25. The van der Waals surface area contributed by atoms with Gasteiger partial charge in [0.1, 0.15) is 12.4 Å². The summed E-state index contributed by atoms with van der Waals surface area (Å²) in [5, 5.41) is 18.0. The Morgan fingerprint density at radius 3 is 2.66 bits per heavy atom. The van der Waals surface area contributed by atoms with Crippen LogP contribution in [-0.4, -0.2) is 29.9 Å². The van der Waals surface area contributed by atoms with Crippen LogP contribution in [0.25, 0.3) is 0 Å². The van der Waals surface area contributed by atoms with Crippen LogP contribution in [0.4, 0.5) is 23.7 Å². The largest absolute Gasteiger partial charge is 0.491 e. The second-order valence-corrected chi connectivity index (χ2v) is 7.07. The second kappa shape index (κ2) is 6.67. The number of anilines is 1. The maximum Gasteiger partial charge on any atom is 0.416 e. The standard InChI is InChI=1S/C19H12ClF3N4O2/c20-12-3-6-14-15(7-12)29-10-18(8-24)9-27(26-16(14)18)17(28)25-13-4-1-11(2-5-13)19(21,22)23/h1-7H,9-10H2,(H,25,28). The summed E-state index contributed by atoms with van der Waals surface area (Å²) in [5.41, 5.74) is -0.836. The number of ether oxygens (including phenoxy) is 1. The number of alkyl halides is 3. The number of halogens is 4. The number of urea groups is 1. The van der Waals surface area contributed by atoms with Gasteiger partial charge in [-0.3, -0.25) is 0 Å². The van der Waals surface area contributed by atoms with Gasteiger partial charge in [0.25, 0.3) is 0 Å². The molecule has 1 atom stereocenters. The number of amides is 2. The van der Waals surface area contributed by atoms with Crippen LogP contribution < -0.4 is 10.1 Å². The maximum absolute atomic E-state index is 12.7. The van der Waals surface area contributed by atoms with Gasteiger partial charge >= 0.3 is 12.2 Å². The van der Waals surface area contributed by atoms with E-state index in [1.54, 1.807) is 18.2 Å². The fourth-order valence-corrected chi connectivity index (χ4v) is 3.35. The van der Waals surface area contributed by atoms with Crippen LogP contribution >= 0.6 is 11.6 Å². The number of nitrogens with one attached hydrogen (secondary N) is 1. The maximum atomic E-state index is 12.7. The SMILES string of the molecule is N#CC12COc3cc(Cl)ccc3C1=NN(C(=O)Nc1ccc(C(F)(F)F)cc1)C2. The molecule has 2 aliphatic rings. The molecule has 6 nitrogen and oxygen atoms in total. The summed E-state index contributed by atoms with van der Waals surface area (Å²) in [6, 6.07) is 10.4. The molecule has 10 heteroatoms. The molecule has 29 heavy (non-hydrogen) atoms. The lowest BCUT2D eigenvalue weighted by atomic mass is 9.80. The van der Waals surface area contributed by atoms with Gasteiger partial charge in [-0.1, -0.05) is 11.6 Å². The minimum atomic E-state index is -4.46. The van der Waals surface area contributed by atoms with E-state index in [2.05, 4.69) is 16.5 Å². The summed E-state index contributed by atoms with van der Waals surface area (Å²) < 4.78 is 43.6. The van der Waals surface area contributed by atoms with Crippen LogP contribution in [0, 0.1) is 16.7 Å². The molecule has 1 unspecified atom stereocenters. The molecule has 148 valence electrons. The van der Waals surface area contributed by atoms with E-state index in [1.807, 2.05) is 0 Å². The molecular weight excluding hydrogens is 409 g/mol. The first-order chi connectivity index (χ1) is 13.7. The quantitative estimate of drug-likeness (QED) is 0.737. The molecule has 1 N–H and O–H groups in total. The zero-order chi connectivity index (χ0) is 20.8. The van der Waals surface area contributed by atoms with Crippen LogP contribution in [0.15, 0.2) is 47.6 Å².